The predicted octanol–water partition coefficient (Wildman–Crippen LogP) is 4.92. The van der Waals surface area contributed by atoms with Gasteiger partial charge < -0.3 is 5.32 Å². The Morgan fingerprint density at radius 1 is 1.05 bits per heavy atom. The van der Waals surface area contributed by atoms with E-state index in [2.05, 4.69) is 18.3 Å². The summed E-state index contributed by atoms with van der Waals surface area (Å²) in [7, 11) is 0. The summed E-state index contributed by atoms with van der Waals surface area (Å²) in [6.45, 7) is 5.94. The highest BCUT2D eigenvalue weighted by molar-refractivity contribution is 7.99. The van der Waals surface area contributed by atoms with Crippen LogP contribution in [0.15, 0.2) is 46.2 Å². The molecule has 21 heavy (non-hydrogen) atoms. The summed E-state index contributed by atoms with van der Waals surface area (Å²) in [5, 5.41) is 3.35. The Bertz CT molecular complexity index is 614. The van der Waals surface area contributed by atoms with Crippen molar-refractivity contribution >= 4 is 11.8 Å². The fraction of sp³-hybridized carbons (Fsp3) is 0.294. The fourth-order valence-electron chi connectivity index (χ4n) is 2.02. The van der Waals surface area contributed by atoms with E-state index in [1.807, 2.05) is 19.1 Å². The Balaban J connectivity index is 2.12. The van der Waals surface area contributed by atoms with Gasteiger partial charge in [-0.15, -0.1) is 0 Å². The van der Waals surface area contributed by atoms with Gasteiger partial charge in [0.15, 0.2) is 0 Å². The van der Waals surface area contributed by atoms with Gasteiger partial charge in [-0.2, -0.15) is 0 Å². The molecule has 0 fully saturated rings. The third kappa shape index (κ3) is 4.55. The monoisotopic (exact) mass is 307 g/mol. The van der Waals surface area contributed by atoms with Gasteiger partial charge >= 0.3 is 0 Å². The molecule has 4 heteroatoms. The van der Waals surface area contributed by atoms with Crippen LogP contribution in [-0.2, 0) is 6.54 Å². The molecule has 0 heterocycles. The van der Waals surface area contributed by atoms with Gasteiger partial charge in [0.2, 0.25) is 0 Å². The minimum absolute atomic E-state index is 0.315. The smallest absolute Gasteiger partial charge is 0.137 e. The van der Waals surface area contributed by atoms with Crippen molar-refractivity contribution < 1.29 is 8.78 Å². The molecule has 2 rings (SSSR count). The Hall–Kier alpha value is -1.39. The topological polar surface area (TPSA) is 12.0 Å². The van der Waals surface area contributed by atoms with Crippen LogP contribution in [0, 0.1) is 18.6 Å². The molecule has 0 aliphatic carbocycles. The van der Waals surface area contributed by atoms with Crippen molar-refractivity contribution in [2.24, 2.45) is 0 Å². The van der Waals surface area contributed by atoms with Crippen molar-refractivity contribution in [3.8, 4) is 0 Å². The molecule has 0 aliphatic heterocycles. The SMILES string of the molecule is CCCNCc1ccc(Sc2cc(F)ccc2F)c(C)c1. The maximum Gasteiger partial charge on any atom is 0.137 e. The summed E-state index contributed by atoms with van der Waals surface area (Å²) in [5.41, 5.74) is 2.27. The van der Waals surface area contributed by atoms with Crippen molar-refractivity contribution in [2.75, 3.05) is 6.54 Å². The lowest BCUT2D eigenvalue weighted by molar-refractivity contribution is 0.577. The lowest BCUT2D eigenvalue weighted by Crippen LogP contribution is -2.13. The van der Waals surface area contributed by atoms with Gasteiger partial charge in [0.25, 0.3) is 0 Å². The van der Waals surface area contributed by atoms with E-state index in [9.17, 15) is 8.78 Å². The van der Waals surface area contributed by atoms with Crippen LogP contribution in [0.5, 0.6) is 0 Å². The molecule has 0 aromatic heterocycles. The average molecular weight is 307 g/mol. The molecule has 0 saturated heterocycles. The van der Waals surface area contributed by atoms with E-state index in [4.69, 9.17) is 0 Å². The molecule has 0 atom stereocenters. The molecule has 0 bridgehead atoms. The first kappa shape index (κ1) is 16.0. The Labute approximate surface area is 128 Å². The molecule has 0 unspecified atom stereocenters. The second-order valence-electron chi connectivity index (χ2n) is 4.95. The molecule has 0 radical (unpaired) electrons. The van der Waals surface area contributed by atoms with Gasteiger partial charge in [0.05, 0.1) is 4.90 Å². The highest BCUT2D eigenvalue weighted by atomic mass is 32.2. The average Bonchev–Trinajstić information content (AvgIpc) is 2.46. The zero-order valence-electron chi connectivity index (χ0n) is 12.2. The quantitative estimate of drug-likeness (QED) is 0.760. The number of nitrogens with one attached hydrogen (secondary N) is 1. The van der Waals surface area contributed by atoms with Crippen LogP contribution in [0.1, 0.15) is 24.5 Å². The summed E-state index contributed by atoms with van der Waals surface area (Å²) >= 11 is 1.26. The third-order valence-corrected chi connectivity index (χ3v) is 4.32. The molecule has 112 valence electrons. The molecule has 0 aliphatic rings. The third-order valence-electron chi connectivity index (χ3n) is 3.11. The Morgan fingerprint density at radius 3 is 2.57 bits per heavy atom. The van der Waals surface area contributed by atoms with Crippen LogP contribution in [0.3, 0.4) is 0 Å². The van der Waals surface area contributed by atoms with Gasteiger partial charge in [-0.1, -0.05) is 30.8 Å². The molecule has 0 amide bonds. The molecule has 0 saturated carbocycles. The summed E-state index contributed by atoms with van der Waals surface area (Å²) in [5.74, 6) is -0.813. The number of benzene rings is 2. The normalized spacial score (nSPS) is 10.9. The number of rotatable bonds is 6. The van der Waals surface area contributed by atoms with E-state index in [-0.39, 0.29) is 0 Å². The van der Waals surface area contributed by atoms with Crippen LogP contribution in [0.4, 0.5) is 8.78 Å². The van der Waals surface area contributed by atoms with Gasteiger partial charge in [-0.05, 0) is 55.3 Å². The van der Waals surface area contributed by atoms with Gasteiger partial charge in [0.1, 0.15) is 11.6 Å². The van der Waals surface area contributed by atoms with Crippen LogP contribution < -0.4 is 5.32 Å². The van der Waals surface area contributed by atoms with E-state index in [0.717, 1.165) is 42.1 Å². The maximum atomic E-state index is 13.7. The van der Waals surface area contributed by atoms with E-state index < -0.39 is 11.6 Å². The molecular weight excluding hydrogens is 288 g/mol. The zero-order chi connectivity index (χ0) is 15.2. The highest BCUT2D eigenvalue weighted by Gasteiger charge is 2.08. The second-order valence-corrected chi connectivity index (χ2v) is 6.04. The standard InChI is InChI=1S/C17H19F2NS/c1-3-8-20-11-13-4-7-16(12(2)9-13)21-17-10-14(18)5-6-15(17)19/h4-7,9-10,20H,3,8,11H2,1-2H3. The molecule has 2 aromatic carbocycles. The van der Waals surface area contributed by atoms with Crippen LogP contribution in [-0.4, -0.2) is 6.54 Å². The van der Waals surface area contributed by atoms with Gasteiger partial charge in [0, 0.05) is 11.4 Å². The van der Waals surface area contributed by atoms with E-state index >= 15 is 0 Å². The van der Waals surface area contributed by atoms with E-state index in [1.54, 1.807) is 0 Å². The number of hydrogen-bond donors (Lipinski definition) is 1. The maximum absolute atomic E-state index is 13.7. The Kier molecular flexibility index (Phi) is 5.76. The van der Waals surface area contributed by atoms with Crippen LogP contribution in [0.2, 0.25) is 0 Å². The largest absolute Gasteiger partial charge is 0.313 e. The van der Waals surface area contributed by atoms with E-state index in [0.29, 0.717) is 4.90 Å². The minimum Gasteiger partial charge on any atom is -0.313 e. The molecular formula is C17H19F2NS. The predicted molar refractivity (Wildman–Crippen MR) is 83.7 cm³/mol. The van der Waals surface area contributed by atoms with E-state index in [1.165, 1.54) is 23.4 Å². The summed E-state index contributed by atoms with van der Waals surface area (Å²) < 4.78 is 26.9. The molecule has 1 nitrogen and oxygen atoms in total. The lowest BCUT2D eigenvalue weighted by atomic mass is 10.1. The zero-order valence-corrected chi connectivity index (χ0v) is 13.1. The number of hydrogen-bond acceptors (Lipinski definition) is 2. The minimum atomic E-state index is -0.420. The number of halogens is 2. The van der Waals surface area contributed by atoms with Crippen molar-refractivity contribution in [2.45, 2.75) is 36.6 Å². The molecule has 0 spiro atoms. The van der Waals surface area contributed by atoms with Crippen molar-refractivity contribution in [3.05, 3.63) is 59.2 Å². The van der Waals surface area contributed by atoms with Crippen LogP contribution >= 0.6 is 11.8 Å². The van der Waals surface area contributed by atoms with Gasteiger partial charge in [-0.25, -0.2) is 8.78 Å². The lowest BCUT2D eigenvalue weighted by Gasteiger charge is -2.10. The van der Waals surface area contributed by atoms with Crippen molar-refractivity contribution in [3.63, 3.8) is 0 Å². The number of aryl methyl sites for hydroxylation is 1. The van der Waals surface area contributed by atoms with Crippen molar-refractivity contribution in [1.82, 2.24) is 5.32 Å². The molecule has 1 N–H and O–H groups in total. The summed E-state index contributed by atoms with van der Waals surface area (Å²) in [6.07, 6.45) is 1.10. The first-order valence-corrected chi connectivity index (χ1v) is 7.85. The first-order chi connectivity index (χ1) is 10.1. The summed E-state index contributed by atoms with van der Waals surface area (Å²) in [4.78, 5) is 1.26. The van der Waals surface area contributed by atoms with Crippen molar-refractivity contribution in [1.29, 1.82) is 0 Å². The van der Waals surface area contributed by atoms with Crippen LogP contribution in [0.25, 0.3) is 0 Å². The first-order valence-electron chi connectivity index (χ1n) is 7.03. The van der Waals surface area contributed by atoms with Gasteiger partial charge in [-0.3, -0.25) is 0 Å². The molecule has 2 aromatic rings. The second kappa shape index (κ2) is 7.57. The summed E-state index contributed by atoms with van der Waals surface area (Å²) in [6, 6.07) is 9.60. The highest BCUT2D eigenvalue weighted by Crippen LogP contribution is 2.32. The fourth-order valence-corrected chi connectivity index (χ4v) is 2.95. The Morgan fingerprint density at radius 2 is 1.86 bits per heavy atom.